The van der Waals surface area contributed by atoms with Gasteiger partial charge >= 0.3 is 0 Å². The fourth-order valence-electron chi connectivity index (χ4n) is 2.63. The predicted molar refractivity (Wildman–Crippen MR) is 98.5 cm³/mol. The molecule has 0 amide bonds. The summed E-state index contributed by atoms with van der Waals surface area (Å²) in [5.41, 5.74) is 0. The first kappa shape index (κ1) is 21.4. The highest BCUT2D eigenvalue weighted by atomic mass is 79.9. The Bertz CT molecular complexity index is 233. The second kappa shape index (κ2) is 16.8. The number of carbonyl (C=O) groups excluding carboxylic acids is 1. The zero-order valence-corrected chi connectivity index (χ0v) is 16.2. The normalized spacial score (nSPS) is 12.5. The van der Waals surface area contributed by atoms with Gasteiger partial charge in [0.2, 0.25) is 5.24 Å². The summed E-state index contributed by atoms with van der Waals surface area (Å²) in [5, 5.41) is -0.260. The monoisotopic (exact) mass is 380 g/mol. The van der Waals surface area contributed by atoms with E-state index >= 15 is 0 Å². The number of rotatable bonds is 16. The van der Waals surface area contributed by atoms with Crippen LogP contribution in [0.15, 0.2) is 0 Å². The maximum absolute atomic E-state index is 10.8. The second-order valence-electron chi connectivity index (χ2n) is 6.16. The summed E-state index contributed by atoms with van der Waals surface area (Å²) < 4.78 is 0. The Morgan fingerprint density at radius 3 is 1.43 bits per heavy atom. The fraction of sp³-hybridized carbons (Fsp3) is 0.944. The minimum absolute atomic E-state index is 0.142. The van der Waals surface area contributed by atoms with Crippen molar-refractivity contribution in [2.45, 2.75) is 108 Å². The van der Waals surface area contributed by atoms with E-state index in [9.17, 15) is 4.79 Å². The number of halogens is 2. The van der Waals surface area contributed by atoms with Crippen molar-refractivity contribution < 1.29 is 4.79 Å². The van der Waals surface area contributed by atoms with Gasteiger partial charge in [-0.05, 0) is 18.0 Å². The maximum atomic E-state index is 10.8. The molecule has 0 aromatic rings. The molecule has 0 rings (SSSR count). The Balaban J connectivity index is 3.04. The summed E-state index contributed by atoms with van der Waals surface area (Å²) in [6, 6.07) is 0. The van der Waals surface area contributed by atoms with Crippen molar-refractivity contribution in [1.82, 2.24) is 0 Å². The topological polar surface area (TPSA) is 17.1 Å². The van der Waals surface area contributed by atoms with E-state index in [-0.39, 0.29) is 10.1 Å². The van der Waals surface area contributed by atoms with Crippen molar-refractivity contribution in [2.24, 2.45) is 0 Å². The van der Waals surface area contributed by atoms with Crippen LogP contribution in [-0.4, -0.2) is 10.1 Å². The molecule has 21 heavy (non-hydrogen) atoms. The van der Waals surface area contributed by atoms with Crippen LogP contribution in [-0.2, 0) is 4.79 Å². The highest BCUT2D eigenvalue weighted by molar-refractivity contribution is 9.10. The molecule has 1 unspecified atom stereocenters. The minimum Gasteiger partial charge on any atom is -0.280 e. The van der Waals surface area contributed by atoms with Crippen LogP contribution in [0.1, 0.15) is 103 Å². The van der Waals surface area contributed by atoms with Crippen LogP contribution < -0.4 is 0 Å². The van der Waals surface area contributed by atoms with Gasteiger partial charge in [-0.3, -0.25) is 4.79 Å². The van der Waals surface area contributed by atoms with E-state index in [1.165, 1.54) is 83.5 Å². The van der Waals surface area contributed by atoms with Crippen molar-refractivity contribution in [3.8, 4) is 0 Å². The molecule has 0 heterocycles. The van der Waals surface area contributed by atoms with Gasteiger partial charge in [0, 0.05) is 0 Å². The van der Waals surface area contributed by atoms with Crippen LogP contribution in [0.4, 0.5) is 0 Å². The van der Waals surface area contributed by atoms with Gasteiger partial charge in [0.25, 0.3) is 0 Å². The Labute approximate surface area is 145 Å². The van der Waals surface area contributed by atoms with Crippen LogP contribution >= 0.6 is 27.5 Å². The lowest BCUT2D eigenvalue weighted by Crippen LogP contribution is -2.06. The third-order valence-electron chi connectivity index (χ3n) is 4.06. The zero-order valence-electron chi connectivity index (χ0n) is 13.8. The molecule has 1 atom stereocenters. The predicted octanol–water partition coefficient (Wildman–Crippen LogP) is 7.39. The number of carbonyl (C=O) groups is 1. The van der Waals surface area contributed by atoms with E-state index in [4.69, 9.17) is 11.6 Å². The SMILES string of the molecule is CCCCCCCCCCCCCCCCC(Br)C(=O)Cl. The number of unbranched alkanes of at least 4 members (excludes halogenated alkanes) is 13. The highest BCUT2D eigenvalue weighted by Crippen LogP contribution is 2.16. The summed E-state index contributed by atoms with van der Waals surface area (Å²) in [4.78, 5) is 10.7. The fourth-order valence-corrected chi connectivity index (χ4v) is 3.06. The third kappa shape index (κ3) is 16.6. The molecule has 0 fully saturated rings. The van der Waals surface area contributed by atoms with Crippen molar-refractivity contribution in [2.75, 3.05) is 0 Å². The van der Waals surface area contributed by atoms with Crippen molar-refractivity contribution in [1.29, 1.82) is 0 Å². The molecule has 0 bridgehead atoms. The molecule has 126 valence electrons. The lowest BCUT2D eigenvalue weighted by molar-refractivity contribution is -0.111. The molecule has 0 N–H and O–H groups in total. The zero-order chi connectivity index (χ0) is 15.8. The molecule has 3 heteroatoms. The molecular weight excluding hydrogens is 348 g/mol. The molecular formula is C18H34BrClO. The quantitative estimate of drug-likeness (QED) is 0.155. The van der Waals surface area contributed by atoms with Gasteiger partial charge in [-0.2, -0.15) is 0 Å². The molecule has 0 aliphatic rings. The van der Waals surface area contributed by atoms with Gasteiger partial charge in [0.05, 0.1) is 4.83 Å². The average Bonchev–Trinajstić information content (AvgIpc) is 2.47. The summed E-state index contributed by atoms with van der Waals surface area (Å²) in [5.74, 6) is 0. The van der Waals surface area contributed by atoms with Crippen molar-refractivity contribution in [3.05, 3.63) is 0 Å². The lowest BCUT2D eigenvalue weighted by atomic mass is 10.0. The second-order valence-corrected chi connectivity index (χ2v) is 7.63. The van der Waals surface area contributed by atoms with Crippen molar-refractivity contribution in [3.63, 3.8) is 0 Å². The van der Waals surface area contributed by atoms with Crippen LogP contribution in [0, 0.1) is 0 Å². The Kier molecular flexibility index (Phi) is 17.2. The maximum Gasteiger partial charge on any atom is 0.235 e. The highest BCUT2D eigenvalue weighted by Gasteiger charge is 2.10. The van der Waals surface area contributed by atoms with Crippen LogP contribution in [0.5, 0.6) is 0 Å². The standard InChI is InChI=1S/C18H34BrClO/c1-2-3-4-5-6-7-8-9-10-11-12-13-14-15-16-17(19)18(20)21/h17H,2-16H2,1H3. The molecule has 0 saturated carbocycles. The molecule has 0 saturated heterocycles. The number of hydrogen-bond acceptors (Lipinski definition) is 1. The van der Waals surface area contributed by atoms with E-state index in [1.54, 1.807) is 0 Å². The Morgan fingerprint density at radius 1 is 0.762 bits per heavy atom. The van der Waals surface area contributed by atoms with Gasteiger partial charge in [0.15, 0.2) is 0 Å². The Morgan fingerprint density at radius 2 is 1.10 bits per heavy atom. The molecule has 0 spiro atoms. The van der Waals surface area contributed by atoms with Gasteiger partial charge in [-0.1, -0.05) is 113 Å². The molecule has 0 aliphatic heterocycles. The largest absolute Gasteiger partial charge is 0.280 e. The summed E-state index contributed by atoms with van der Waals surface area (Å²) in [7, 11) is 0. The lowest BCUT2D eigenvalue weighted by Gasteiger charge is -2.05. The number of alkyl halides is 1. The molecule has 0 aromatic carbocycles. The van der Waals surface area contributed by atoms with Gasteiger partial charge in [0.1, 0.15) is 0 Å². The summed E-state index contributed by atoms with van der Waals surface area (Å²) >= 11 is 8.70. The van der Waals surface area contributed by atoms with E-state index in [2.05, 4.69) is 22.9 Å². The van der Waals surface area contributed by atoms with Gasteiger partial charge < -0.3 is 0 Å². The van der Waals surface area contributed by atoms with Crippen molar-refractivity contribution >= 4 is 32.8 Å². The third-order valence-corrected chi connectivity index (χ3v) is 5.46. The first-order chi connectivity index (χ1) is 10.2. The molecule has 1 nitrogen and oxygen atoms in total. The molecule has 0 aromatic heterocycles. The van der Waals surface area contributed by atoms with Gasteiger partial charge in [-0.25, -0.2) is 0 Å². The average molecular weight is 382 g/mol. The van der Waals surface area contributed by atoms with Crippen LogP contribution in [0.3, 0.4) is 0 Å². The summed E-state index contributed by atoms with van der Waals surface area (Å²) in [6.07, 6.45) is 20.0. The first-order valence-electron chi connectivity index (χ1n) is 9.02. The van der Waals surface area contributed by atoms with Crippen LogP contribution in [0.2, 0.25) is 0 Å². The van der Waals surface area contributed by atoms with Gasteiger partial charge in [-0.15, -0.1) is 0 Å². The van der Waals surface area contributed by atoms with E-state index in [0.29, 0.717) is 0 Å². The van der Waals surface area contributed by atoms with Crippen LogP contribution in [0.25, 0.3) is 0 Å². The Hall–Kier alpha value is 0.440. The van der Waals surface area contributed by atoms with E-state index in [0.717, 1.165) is 12.8 Å². The van der Waals surface area contributed by atoms with E-state index in [1.807, 2.05) is 0 Å². The molecule has 0 radical (unpaired) electrons. The minimum atomic E-state index is -0.260. The summed E-state index contributed by atoms with van der Waals surface area (Å²) in [6.45, 7) is 2.27. The van der Waals surface area contributed by atoms with E-state index < -0.39 is 0 Å². The number of hydrogen-bond donors (Lipinski definition) is 0. The molecule has 0 aliphatic carbocycles. The smallest absolute Gasteiger partial charge is 0.235 e. The first-order valence-corrected chi connectivity index (χ1v) is 10.3.